The predicted octanol–water partition coefficient (Wildman–Crippen LogP) is 7.12. The van der Waals surface area contributed by atoms with E-state index in [1.807, 2.05) is 0 Å². The van der Waals surface area contributed by atoms with E-state index in [1.54, 1.807) is 24.5 Å². The molecule has 1 heterocycles. The summed E-state index contributed by atoms with van der Waals surface area (Å²) in [5.41, 5.74) is 0.572. The van der Waals surface area contributed by atoms with Crippen molar-refractivity contribution in [3.05, 3.63) is 103 Å². The number of amides is 2. The molecule has 6 nitrogen and oxygen atoms in total. The molecular weight excluding hydrogens is 508 g/mol. The van der Waals surface area contributed by atoms with Crippen LogP contribution in [-0.2, 0) is 4.79 Å². The zero-order chi connectivity index (χ0) is 29.6. The normalized spacial score (nSPS) is 12.4. The minimum atomic E-state index is -0.103. The molecule has 0 aromatic carbocycles. The molecule has 0 fully saturated rings. The van der Waals surface area contributed by atoms with Gasteiger partial charge in [0.25, 0.3) is 5.91 Å². The van der Waals surface area contributed by atoms with Crippen LogP contribution in [-0.4, -0.2) is 54.4 Å². The molecular formula is C35H52N4O2. The third-order valence-electron chi connectivity index (χ3n) is 6.19. The van der Waals surface area contributed by atoms with Crippen LogP contribution in [0.5, 0.6) is 0 Å². The van der Waals surface area contributed by atoms with Gasteiger partial charge >= 0.3 is 0 Å². The minimum absolute atomic E-state index is 0.0938. The van der Waals surface area contributed by atoms with Gasteiger partial charge in [0.05, 0.1) is 5.56 Å². The first-order chi connectivity index (χ1) is 20.2. The van der Waals surface area contributed by atoms with Crippen molar-refractivity contribution in [2.24, 2.45) is 0 Å². The molecule has 0 saturated carbocycles. The van der Waals surface area contributed by atoms with Gasteiger partial charge in [-0.3, -0.25) is 14.6 Å². The van der Waals surface area contributed by atoms with E-state index in [4.69, 9.17) is 0 Å². The quantitative estimate of drug-likeness (QED) is 0.110. The summed E-state index contributed by atoms with van der Waals surface area (Å²) in [5.74, 6) is -0.00960. The van der Waals surface area contributed by atoms with Gasteiger partial charge in [0.2, 0.25) is 5.91 Å². The highest BCUT2D eigenvalue weighted by Gasteiger charge is 2.07. The number of allylic oxidation sites excluding steroid dienone is 12. The molecule has 6 heteroatoms. The maximum Gasteiger partial charge on any atom is 0.252 e. The summed E-state index contributed by atoms with van der Waals surface area (Å²) < 4.78 is 0. The van der Waals surface area contributed by atoms with Crippen molar-refractivity contribution in [2.45, 2.75) is 71.6 Å². The molecule has 0 saturated heterocycles. The molecule has 0 atom stereocenters. The minimum Gasteiger partial charge on any atom is -0.356 e. The molecule has 0 unspecified atom stereocenters. The van der Waals surface area contributed by atoms with Gasteiger partial charge in [-0.2, -0.15) is 0 Å². The highest BCUT2D eigenvalue weighted by molar-refractivity contribution is 5.93. The lowest BCUT2D eigenvalue weighted by Gasteiger charge is -2.20. The zero-order valence-electron chi connectivity index (χ0n) is 25.3. The van der Waals surface area contributed by atoms with Crippen molar-refractivity contribution in [1.82, 2.24) is 20.5 Å². The Bertz CT molecular complexity index is 977. The smallest absolute Gasteiger partial charge is 0.252 e. The summed E-state index contributed by atoms with van der Waals surface area (Å²) in [6.45, 7) is 8.07. The zero-order valence-corrected chi connectivity index (χ0v) is 25.3. The van der Waals surface area contributed by atoms with Crippen LogP contribution in [0.1, 0.15) is 82.0 Å². The Morgan fingerprint density at radius 3 is 1.88 bits per heavy atom. The van der Waals surface area contributed by atoms with E-state index in [-0.39, 0.29) is 11.8 Å². The largest absolute Gasteiger partial charge is 0.356 e. The second-order valence-electron chi connectivity index (χ2n) is 9.59. The van der Waals surface area contributed by atoms with Crippen LogP contribution in [0.4, 0.5) is 0 Å². The van der Waals surface area contributed by atoms with Crippen molar-refractivity contribution >= 4 is 11.8 Å². The molecule has 0 bridgehead atoms. The van der Waals surface area contributed by atoms with E-state index in [0.29, 0.717) is 25.1 Å². The van der Waals surface area contributed by atoms with Gasteiger partial charge in [0, 0.05) is 38.4 Å². The van der Waals surface area contributed by atoms with Crippen molar-refractivity contribution < 1.29 is 9.59 Å². The molecule has 0 aliphatic heterocycles. The van der Waals surface area contributed by atoms with Crippen molar-refractivity contribution in [2.75, 3.05) is 32.7 Å². The van der Waals surface area contributed by atoms with Crippen LogP contribution in [0.15, 0.2) is 97.4 Å². The average Bonchev–Trinajstić information content (AvgIpc) is 2.99. The lowest BCUT2D eigenvalue weighted by molar-refractivity contribution is -0.121. The molecule has 2 N–H and O–H groups in total. The van der Waals surface area contributed by atoms with Crippen molar-refractivity contribution in [1.29, 1.82) is 0 Å². The molecule has 0 aliphatic rings. The summed E-state index contributed by atoms with van der Waals surface area (Å²) in [4.78, 5) is 30.4. The molecule has 1 aromatic heterocycles. The SMILES string of the molecule is CC/C=C\C/C=C\C/C=C\C/C=C\C/C=C\C/C=C\CCC(=O)NCCCN(CC)CCNC(=O)c1cccnc1. The summed E-state index contributed by atoms with van der Waals surface area (Å²) in [5, 5.41) is 5.94. The molecule has 0 spiro atoms. The van der Waals surface area contributed by atoms with Crippen LogP contribution < -0.4 is 10.6 Å². The number of pyridine rings is 1. The van der Waals surface area contributed by atoms with E-state index >= 15 is 0 Å². The van der Waals surface area contributed by atoms with E-state index in [2.05, 4.69) is 107 Å². The fraction of sp³-hybridized carbons (Fsp3) is 0.457. The van der Waals surface area contributed by atoms with E-state index in [0.717, 1.165) is 71.0 Å². The second kappa shape index (κ2) is 26.7. The van der Waals surface area contributed by atoms with E-state index in [1.165, 1.54) is 0 Å². The number of likely N-dealkylation sites (N-methyl/N-ethyl adjacent to an activating group) is 1. The molecule has 1 aromatic rings. The first kappa shape index (κ1) is 35.5. The summed E-state index contributed by atoms with van der Waals surface area (Å²) >= 11 is 0. The molecule has 0 radical (unpaired) electrons. The Hall–Kier alpha value is -3.51. The maximum absolute atomic E-state index is 12.1. The predicted molar refractivity (Wildman–Crippen MR) is 174 cm³/mol. The Kier molecular flexibility index (Phi) is 23.1. The Morgan fingerprint density at radius 1 is 0.756 bits per heavy atom. The third kappa shape index (κ3) is 21.9. The Labute approximate surface area is 249 Å². The second-order valence-corrected chi connectivity index (χ2v) is 9.59. The molecule has 2 amide bonds. The van der Waals surface area contributed by atoms with Crippen LogP contribution in [0, 0.1) is 0 Å². The Balaban J connectivity index is 1.99. The topological polar surface area (TPSA) is 74.3 Å². The first-order valence-corrected chi connectivity index (χ1v) is 15.2. The van der Waals surface area contributed by atoms with Gasteiger partial charge < -0.3 is 15.5 Å². The highest BCUT2D eigenvalue weighted by Crippen LogP contribution is 1.99. The fourth-order valence-electron chi connectivity index (χ4n) is 3.83. The highest BCUT2D eigenvalue weighted by atomic mass is 16.2. The van der Waals surface area contributed by atoms with E-state index in [9.17, 15) is 9.59 Å². The maximum atomic E-state index is 12.1. The van der Waals surface area contributed by atoms with Crippen LogP contribution in [0.3, 0.4) is 0 Å². The van der Waals surface area contributed by atoms with Gasteiger partial charge in [-0.15, -0.1) is 0 Å². The number of carbonyl (C=O) groups excluding carboxylic acids is 2. The number of carbonyl (C=O) groups is 2. The Morgan fingerprint density at radius 2 is 1.34 bits per heavy atom. The average molecular weight is 561 g/mol. The van der Waals surface area contributed by atoms with Gasteiger partial charge in [-0.05, 0) is 76.6 Å². The van der Waals surface area contributed by atoms with Gasteiger partial charge in [0.1, 0.15) is 0 Å². The number of hydrogen-bond donors (Lipinski definition) is 2. The molecule has 0 aliphatic carbocycles. The number of hydrogen-bond acceptors (Lipinski definition) is 4. The number of rotatable bonds is 23. The van der Waals surface area contributed by atoms with Gasteiger partial charge in [0.15, 0.2) is 0 Å². The lowest BCUT2D eigenvalue weighted by atomic mass is 10.2. The van der Waals surface area contributed by atoms with E-state index < -0.39 is 0 Å². The molecule has 224 valence electrons. The van der Waals surface area contributed by atoms with Crippen LogP contribution in [0.25, 0.3) is 0 Å². The number of aromatic nitrogens is 1. The number of nitrogens with one attached hydrogen (secondary N) is 2. The lowest BCUT2D eigenvalue weighted by Crippen LogP contribution is -2.36. The molecule has 41 heavy (non-hydrogen) atoms. The van der Waals surface area contributed by atoms with Gasteiger partial charge in [-0.25, -0.2) is 0 Å². The monoisotopic (exact) mass is 560 g/mol. The summed E-state index contributed by atoms with van der Waals surface area (Å²) in [6.07, 6.45) is 37.5. The first-order valence-electron chi connectivity index (χ1n) is 15.2. The summed E-state index contributed by atoms with van der Waals surface area (Å²) in [6, 6.07) is 3.51. The fourth-order valence-corrected chi connectivity index (χ4v) is 3.83. The molecule has 1 rings (SSSR count). The number of nitrogens with zero attached hydrogens (tertiary/aromatic N) is 2. The third-order valence-corrected chi connectivity index (χ3v) is 6.19. The van der Waals surface area contributed by atoms with Crippen molar-refractivity contribution in [3.8, 4) is 0 Å². The van der Waals surface area contributed by atoms with Gasteiger partial charge in [-0.1, -0.05) is 86.8 Å². The van der Waals surface area contributed by atoms with Crippen molar-refractivity contribution in [3.63, 3.8) is 0 Å². The van der Waals surface area contributed by atoms with Crippen LogP contribution >= 0.6 is 0 Å². The summed E-state index contributed by atoms with van der Waals surface area (Å²) in [7, 11) is 0. The van der Waals surface area contributed by atoms with Crippen LogP contribution in [0.2, 0.25) is 0 Å². The standard InChI is InChI=1S/C35H52N4O2/c1-3-5-6-7-8-9-10-11-12-13-14-15-16-17-18-19-20-21-22-26-34(40)37-28-24-30-39(4-2)31-29-38-35(41)33-25-23-27-36-32-33/h5-6,8-9,11-12,14-15,17-18,20-21,23,25,27,32H,3-4,7,10,13,16,19,22,24,26,28-31H2,1-2H3,(H,37,40)(H,38,41)/b6-5-,9-8-,12-11-,15-14-,18-17-,21-20-.